The minimum Gasteiger partial charge on any atom is -0.344 e. The molecule has 1 aromatic heterocycles. The SMILES string of the molecule is O=C(NCC(F)(F)C(F)F)c1ccc(Br)cn1. The molecule has 0 aliphatic carbocycles. The number of hydrogen-bond acceptors (Lipinski definition) is 2. The largest absolute Gasteiger partial charge is 0.344 e. The highest BCUT2D eigenvalue weighted by Gasteiger charge is 2.40. The standard InChI is InChI=1S/C9H7BrF4N2O/c10-5-1-2-6(15-3-5)7(17)16-4-9(13,14)8(11)12/h1-3,8H,4H2,(H,16,17). The number of carbonyl (C=O) groups is 1. The maximum Gasteiger partial charge on any atom is 0.324 e. The van der Waals surface area contributed by atoms with E-state index in [-0.39, 0.29) is 5.69 Å². The lowest BCUT2D eigenvalue weighted by molar-refractivity contribution is -0.123. The van der Waals surface area contributed by atoms with Gasteiger partial charge in [-0.3, -0.25) is 4.79 Å². The Morgan fingerprint density at radius 1 is 1.47 bits per heavy atom. The maximum atomic E-state index is 12.5. The van der Waals surface area contributed by atoms with E-state index in [1.807, 2.05) is 0 Å². The third-order valence-electron chi connectivity index (χ3n) is 1.76. The summed E-state index contributed by atoms with van der Waals surface area (Å²) in [5.41, 5.74) is -0.127. The molecule has 0 saturated carbocycles. The minimum atomic E-state index is -4.25. The van der Waals surface area contributed by atoms with Crippen LogP contribution < -0.4 is 5.32 Å². The number of aromatic nitrogens is 1. The fourth-order valence-electron chi connectivity index (χ4n) is 0.876. The number of halogens is 5. The van der Waals surface area contributed by atoms with Gasteiger partial charge in [0, 0.05) is 10.7 Å². The summed E-state index contributed by atoms with van der Waals surface area (Å²) in [7, 11) is 0. The van der Waals surface area contributed by atoms with Crippen LogP contribution in [0, 0.1) is 0 Å². The second-order valence-electron chi connectivity index (χ2n) is 3.11. The molecule has 8 heteroatoms. The molecule has 0 bridgehead atoms. The number of nitrogens with zero attached hydrogens (tertiary/aromatic N) is 1. The van der Waals surface area contributed by atoms with Gasteiger partial charge in [-0.15, -0.1) is 0 Å². The highest BCUT2D eigenvalue weighted by atomic mass is 79.9. The van der Waals surface area contributed by atoms with Gasteiger partial charge in [0.05, 0.1) is 6.54 Å². The van der Waals surface area contributed by atoms with E-state index in [2.05, 4.69) is 20.9 Å². The zero-order chi connectivity index (χ0) is 13.1. The van der Waals surface area contributed by atoms with Crippen LogP contribution in [0.2, 0.25) is 0 Å². The number of nitrogens with one attached hydrogen (secondary N) is 1. The Balaban J connectivity index is 2.59. The van der Waals surface area contributed by atoms with E-state index in [1.165, 1.54) is 18.3 Å². The fourth-order valence-corrected chi connectivity index (χ4v) is 1.11. The van der Waals surface area contributed by atoms with Crippen LogP contribution in [-0.4, -0.2) is 29.8 Å². The topological polar surface area (TPSA) is 42.0 Å². The Morgan fingerprint density at radius 2 is 2.12 bits per heavy atom. The van der Waals surface area contributed by atoms with Gasteiger partial charge in [-0.2, -0.15) is 8.78 Å². The van der Waals surface area contributed by atoms with E-state index in [4.69, 9.17) is 0 Å². The molecule has 0 atom stereocenters. The first-order chi connectivity index (χ1) is 7.83. The van der Waals surface area contributed by atoms with Gasteiger partial charge in [0.2, 0.25) is 0 Å². The second kappa shape index (κ2) is 5.44. The van der Waals surface area contributed by atoms with Gasteiger partial charge in [-0.05, 0) is 28.1 Å². The molecule has 0 saturated heterocycles. The Hall–Kier alpha value is -1.18. The highest BCUT2D eigenvalue weighted by Crippen LogP contribution is 2.21. The van der Waals surface area contributed by atoms with E-state index in [0.717, 1.165) is 0 Å². The normalized spacial score (nSPS) is 11.6. The van der Waals surface area contributed by atoms with E-state index < -0.39 is 24.8 Å². The van der Waals surface area contributed by atoms with Crippen LogP contribution in [0.25, 0.3) is 0 Å². The van der Waals surface area contributed by atoms with Crippen LogP contribution in [0.3, 0.4) is 0 Å². The lowest BCUT2D eigenvalue weighted by Crippen LogP contribution is -2.41. The zero-order valence-electron chi connectivity index (χ0n) is 8.26. The Kier molecular flexibility index (Phi) is 4.44. The maximum absolute atomic E-state index is 12.5. The predicted molar refractivity (Wildman–Crippen MR) is 55.2 cm³/mol. The summed E-state index contributed by atoms with van der Waals surface area (Å²) >= 11 is 3.07. The van der Waals surface area contributed by atoms with Crippen LogP contribution in [0.5, 0.6) is 0 Å². The van der Waals surface area contributed by atoms with Crippen molar-refractivity contribution in [2.24, 2.45) is 0 Å². The van der Waals surface area contributed by atoms with E-state index in [1.54, 1.807) is 5.32 Å². The minimum absolute atomic E-state index is 0.127. The Labute approximate surface area is 102 Å². The number of pyridine rings is 1. The summed E-state index contributed by atoms with van der Waals surface area (Å²) in [5.74, 6) is -5.18. The monoisotopic (exact) mass is 314 g/mol. The van der Waals surface area contributed by atoms with Crippen molar-refractivity contribution in [3.05, 3.63) is 28.5 Å². The molecule has 94 valence electrons. The van der Waals surface area contributed by atoms with Gasteiger partial charge in [-0.1, -0.05) is 0 Å². The summed E-state index contributed by atoms with van der Waals surface area (Å²) in [6, 6.07) is 2.76. The van der Waals surface area contributed by atoms with E-state index in [9.17, 15) is 22.4 Å². The molecule has 1 aromatic rings. The quantitative estimate of drug-likeness (QED) is 0.868. The van der Waals surface area contributed by atoms with Gasteiger partial charge in [0.25, 0.3) is 5.91 Å². The van der Waals surface area contributed by atoms with Crippen molar-refractivity contribution >= 4 is 21.8 Å². The van der Waals surface area contributed by atoms with Crippen LogP contribution >= 0.6 is 15.9 Å². The first-order valence-corrected chi connectivity index (χ1v) is 5.18. The number of hydrogen-bond donors (Lipinski definition) is 1. The summed E-state index contributed by atoms with van der Waals surface area (Å²) in [5, 5.41) is 1.69. The lowest BCUT2D eigenvalue weighted by atomic mass is 10.3. The molecular weight excluding hydrogens is 308 g/mol. The average Bonchev–Trinajstić information content (AvgIpc) is 2.27. The molecular formula is C9H7BrF4N2O. The Bertz CT molecular complexity index is 396. The first-order valence-electron chi connectivity index (χ1n) is 4.38. The number of amides is 1. The summed E-state index contributed by atoms with van der Waals surface area (Å²) < 4.78 is 49.2. The number of carbonyl (C=O) groups excluding carboxylic acids is 1. The fraction of sp³-hybridized carbons (Fsp3) is 0.333. The predicted octanol–water partition coefficient (Wildman–Crippen LogP) is 2.47. The summed E-state index contributed by atoms with van der Waals surface area (Å²) in [6.45, 7) is -1.43. The van der Waals surface area contributed by atoms with Crippen molar-refractivity contribution in [2.45, 2.75) is 12.3 Å². The third-order valence-corrected chi connectivity index (χ3v) is 2.23. The van der Waals surface area contributed by atoms with Crippen molar-refractivity contribution in [2.75, 3.05) is 6.54 Å². The van der Waals surface area contributed by atoms with Crippen molar-refractivity contribution < 1.29 is 22.4 Å². The zero-order valence-corrected chi connectivity index (χ0v) is 9.85. The first kappa shape index (κ1) is 13.9. The smallest absolute Gasteiger partial charge is 0.324 e. The molecule has 0 aliphatic rings. The highest BCUT2D eigenvalue weighted by molar-refractivity contribution is 9.10. The molecule has 3 nitrogen and oxygen atoms in total. The van der Waals surface area contributed by atoms with E-state index >= 15 is 0 Å². The van der Waals surface area contributed by atoms with Crippen LogP contribution in [0.15, 0.2) is 22.8 Å². The molecule has 1 heterocycles. The number of alkyl halides is 4. The molecule has 0 unspecified atom stereocenters. The molecule has 0 spiro atoms. The third kappa shape index (κ3) is 3.95. The van der Waals surface area contributed by atoms with Crippen molar-refractivity contribution in [1.82, 2.24) is 10.3 Å². The van der Waals surface area contributed by atoms with Gasteiger partial charge in [0.1, 0.15) is 5.69 Å². The molecule has 0 aliphatic heterocycles. The summed E-state index contributed by atoms with van der Waals surface area (Å²) in [4.78, 5) is 14.9. The van der Waals surface area contributed by atoms with Crippen LogP contribution in [0.4, 0.5) is 17.6 Å². The van der Waals surface area contributed by atoms with Gasteiger partial charge in [-0.25, -0.2) is 13.8 Å². The van der Waals surface area contributed by atoms with Crippen LogP contribution in [-0.2, 0) is 0 Å². The molecule has 1 N–H and O–H groups in total. The van der Waals surface area contributed by atoms with Crippen molar-refractivity contribution in [3.63, 3.8) is 0 Å². The number of rotatable bonds is 4. The molecule has 0 aromatic carbocycles. The summed E-state index contributed by atoms with van der Waals surface area (Å²) in [6.07, 6.45) is -2.53. The average molecular weight is 315 g/mol. The molecule has 1 rings (SSSR count). The van der Waals surface area contributed by atoms with Gasteiger partial charge < -0.3 is 5.32 Å². The lowest BCUT2D eigenvalue weighted by Gasteiger charge is -2.15. The van der Waals surface area contributed by atoms with Crippen molar-refractivity contribution in [1.29, 1.82) is 0 Å². The van der Waals surface area contributed by atoms with Gasteiger partial charge >= 0.3 is 12.3 Å². The second-order valence-corrected chi connectivity index (χ2v) is 4.02. The van der Waals surface area contributed by atoms with E-state index in [0.29, 0.717) is 4.47 Å². The van der Waals surface area contributed by atoms with Crippen LogP contribution in [0.1, 0.15) is 10.5 Å². The Morgan fingerprint density at radius 3 is 2.59 bits per heavy atom. The molecule has 1 amide bonds. The van der Waals surface area contributed by atoms with Crippen molar-refractivity contribution in [3.8, 4) is 0 Å². The molecule has 0 fully saturated rings. The van der Waals surface area contributed by atoms with Gasteiger partial charge in [0.15, 0.2) is 0 Å². The molecule has 0 radical (unpaired) electrons. The molecule has 17 heavy (non-hydrogen) atoms.